The fourth-order valence-electron chi connectivity index (χ4n) is 2.71. The highest BCUT2D eigenvalue weighted by atomic mass is 16.4. The normalized spacial score (nSPS) is 15.8. The SMILES string of the molecule is O=C(O)c1cc(C(=O)O)c2c3c(c(O)c(O)c2n1)C[C@H](C(=O)O)N3. The van der Waals surface area contributed by atoms with Crippen molar-refractivity contribution in [2.45, 2.75) is 12.5 Å². The Morgan fingerprint density at radius 1 is 1.08 bits per heavy atom. The van der Waals surface area contributed by atoms with Gasteiger partial charge in [-0.3, -0.25) is 0 Å². The van der Waals surface area contributed by atoms with E-state index in [9.17, 15) is 29.7 Å². The largest absolute Gasteiger partial charge is 0.504 e. The molecule has 1 aromatic heterocycles. The van der Waals surface area contributed by atoms with Crippen molar-refractivity contribution in [2.75, 3.05) is 5.32 Å². The molecule has 0 bridgehead atoms. The smallest absolute Gasteiger partial charge is 0.354 e. The van der Waals surface area contributed by atoms with Gasteiger partial charge in [-0.05, 0) is 6.07 Å². The molecule has 1 atom stereocenters. The summed E-state index contributed by atoms with van der Waals surface area (Å²) in [5.41, 5.74) is -1.54. The molecule has 3 rings (SSSR count). The lowest BCUT2D eigenvalue weighted by molar-refractivity contribution is -0.137. The summed E-state index contributed by atoms with van der Waals surface area (Å²) < 4.78 is 0. The number of carboxylic acid groups (broad SMARTS) is 3. The minimum atomic E-state index is -1.52. The van der Waals surface area contributed by atoms with E-state index in [0.717, 1.165) is 6.07 Å². The van der Waals surface area contributed by atoms with Crippen molar-refractivity contribution in [3.8, 4) is 11.5 Å². The molecular weight excluding hydrogens is 324 g/mol. The molecule has 0 spiro atoms. The van der Waals surface area contributed by atoms with Gasteiger partial charge in [0.1, 0.15) is 17.3 Å². The summed E-state index contributed by atoms with van der Waals surface area (Å²) in [7, 11) is 0. The van der Waals surface area contributed by atoms with Gasteiger partial charge in [-0.15, -0.1) is 0 Å². The molecule has 0 saturated carbocycles. The Kier molecular flexibility index (Phi) is 3.18. The third kappa shape index (κ3) is 2.04. The van der Waals surface area contributed by atoms with E-state index in [0.29, 0.717) is 0 Å². The molecule has 124 valence electrons. The summed E-state index contributed by atoms with van der Waals surface area (Å²) in [5.74, 6) is -5.71. The topological polar surface area (TPSA) is 177 Å². The molecule has 1 aromatic carbocycles. The van der Waals surface area contributed by atoms with Crippen LogP contribution < -0.4 is 5.32 Å². The van der Waals surface area contributed by atoms with Crippen LogP contribution in [0.15, 0.2) is 6.07 Å². The first-order chi connectivity index (χ1) is 11.2. The van der Waals surface area contributed by atoms with E-state index in [1.807, 2.05) is 0 Å². The molecule has 0 saturated heterocycles. The number of aromatic hydroxyl groups is 2. The van der Waals surface area contributed by atoms with Crippen molar-refractivity contribution in [3.63, 3.8) is 0 Å². The first-order valence-corrected chi connectivity index (χ1v) is 6.59. The fourth-order valence-corrected chi connectivity index (χ4v) is 2.71. The molecule has 2 heterocycles. The van der Waals surface area contributed by atoms with Crippen LogP contribution in [0.2, 0.25) is 0 Å². The zero-order valence-electron chi connectivity index (χ0n) is 11.8. The molecule has 0 radical (unpaired) electrons. The number of carboxylic acids is 3. The Hall–Kier alpha value is -3.56. The maximum absolute atomic E-state index is 11.5. The zero-order valence-corrected chi connectivity index (χ0v) is 11.8. The predicted octanol–water partition coefficient (Wildman–Crippen LogP) is 0.464. The van der Waals surface area contributed by atoms with E-state index >= 15 is 0 Å². The van der Waals surface area contributed by atoms with Gasteiger partial charge in [0.2, 0.25) is 0 Å². The molecule has 24 heavy (non-hydrogen) atoms. The maximum atomic E-state index is 11.5. The Morgan fingerprint density at radius 2 is 1.75 bits per heavy atom. The standard InChI is InChI=1S/C14H10N2O8/c17-10-4-2-6(14(23)24)15-8(4)7-3(12(19)20)1-5(13(21)22)16-9(7)11(10)18/h1,6,15,17-18H,2H2,(H,19,20)(H,21,22)(H,23,24)/t6-/m1/s1. The highest BCUT2D eigenvalue weighted by Crippen LogP contribution is 2.47. The third-order valence-electron chi connectivity index (χ3n) is 3.78. The Bertz CT molecular complexity index is 936. The zero-order chi connectivity index (χ0) is 17.8. The number of phenolic OH excluding ortho intramolecular Hbond substituents is 2. The van der Waals surface area contributed by atoms with Gasteiger partial charge in [0, 0.05) is 17.4 Å². The van der Waals surface area contributed by atoms with Crippen LogP contribution in [0.25, 0.3) is 10.9 Å². The van der Waals surface area contributed by atoms with Gasteiger partial charge in [0.25, 0.3) is 0 Å². The van der Waals surface area contributed by atoms with Gasteiger partial charge in [-0.1, -0.05) is 0 Å². The number of benzene rings is 1. The fraction of sp³-hybridized carbons (Fsp3) is 0.143. The number of nitrogens with zero attached hydrogens (tertiary/aromatic N) is 1. The molecule has 10 nitrogen and oxygen atoms in total. The number of carbonyl (C=O) groups is 3. The van der Waals surface area contributed by atoms with Gasteiger partial charge in [-0.25, -0.2) is 19.4 Å². The number of fused-ring (bicyclic) bond motifs is 3. The average Bonchev–Trinajstić information content (AvgIpc) is 2.96. The van der Waals surface area contributed by atoms with Crippen molar-refractivity contribution < 1.29 is 39.9 Å². The number of phenols is 2. The van der Waals surface area contributed by atoms with Crippen LogP contribution in [0.1, 0.15) is 26.4 Å². The Labute approximate surface area is 132 Å². The summed E-state index contributed by atoms with van der Waals surface area (Å²) in [6.45, 7) is 0. The van der Waals surface area contributed by atoms with Gasteiger partial charge >= 0.3 is 17.9 Å². The number of aromatic nitrogens is 1. The minimum Gasteiger partial charge on any atom is -0.504 e. The number of hydrogen-bond donors (Lipinski definition) is 6. The van der Waals surface area contributed by atoms with Crippen LogP contribution in [-0.4, -0.2) is 54.5 Å². The van der Waals surface area contributed by atoms with Gasteiger partial charge in [0.15, 0.2) is 11.5 Å². The van der Waals surface area contributed by atoms with E-state index in [-0.39, 0.29) is 23.1 Å². The van der Waals surface area contributed by atoms with E-state index in [4.69, 9.17) is 10.2 Å². The predicted molar refractivity (Wildman–Crippen MR) is 77.7 cm³/mol. The second kappa shape index (κ2) is 4.98. The molecule has 0 amide bonds. The van der Waals surface area contributed by atoms with Crippen molar-refractivity contribution in [2.24, 2.45) is 0 Å². The molecule has 10 heteroatoms. The Balaban J connectivity index is 2.44. The minimum absolute atomic E-state index is 0.00506. The summed E-state index contributed by atoms with van der Waals surface area (Å²) in [4.78, 5) is 37.4. The monoisotopic (exact) mass is 334 g/mol. The molecule has 6 N–H and O–H groups in total. The van der Waals surface area contributed by atoms with Crippen LogP contribution in [0.4, 0.5) is 5.69 Å². The summed E-state index contributed by atoms with van der Waals surface area (Å²) in [5, 5.41) is 50.0. The highest BCUT2D eigenvalue weighted by Gasteiger charge is 2.34. The van der Waals surface area contributed by atoms with Gasteiger partial charge < -0.3 is 30.8 Å². The molecule has 0 fully saturated rings. The second-order valence-electron chi connectivity index (χ2n) is 5.18. The van der Waals surface area contributed by atoms with Gasteiger partial charge in [0.05, 0.1) is 11.3 Å². The second-order valence-corrected chi connectivity index (χ2v) is 5.18. The highest BCUT2D eigenvalue weighted by molar-refractivity contribution is 6.13. The number of hydrogen-bond acceptors (Lipinski definition) is 7. The third-order valence-corrected chi connectivity index (χ3v) is 3.78. The molecular formula is C14H10N2O8. The summed E-state index contributed by atoms with van der Waals surface area (Å²) >= 11 is 0. The number of aromatic carboxylic acids is 2. The van der Waals surface area contributed by atoms with Crippen LogP contribution in [0.3, 0.4) is 0 Å². The van der Waals surface area contributed by atoms with E-state index < -0.39 is 52.2 Å². The number of pyridine rings is 1. The van der Waals surface area contributed by atoms with Crippen molar-refractivity contribution in [1.29, 1.82) is 0 Å². The van der Waals surface area contributed by atoms with E-state index in [2.05, 4.69) is 10.3 Å². The number of anilines is 1. The maximum Gasteiger partial charge on any atom is 0.354 e. The summed E-state index contributed by atoms with van der Waals surface area (Å²) in [6, 6.07) is -0.323. The molecule has 0 unspecified atom stereocenters. The van der Waals surface area contributed by atoms with E-state index in [1.165, 1.54) is 0 Å². The quantitative estimate of drug-likeness (QED) is 0.341. The first-order valence-electron chi connectivity index (χ1n) is 6.59. The molecule has 0 aliphatic carbocycles. The number of rotatable bonds is 3. The van der Waals surface area contributed by atoms with E-state index in [1.54, 1.807) is 0 Å². The molecule has 1 aliphatic rings. The molecule has 1 aliphatic heterocycles. The lowest BCUT2D eigenvalue weighted by Crippen LogP contribution is -2.26. The van der Waals surface area contributed by atoms with Crippen LogP contribution in [-0.2, 0) is 11.2 Å². The lowest BCUT2D eigenvalue weighted by atomic mass is 9.99. The van der Waals surface area contributed by atoms with Crippen molar-refractivity contribution >= 4 is 34.5 Å². The van der Waals surface area contributed by atoms with Crippen LogP contribution in [0, 0.1) is 0 Å². The van der Waals surface area contributed by atoms with Gasteiger partial charge in [-0.2, -0.15) is 0 Å². The number of nitrogens with one attached hydrogen (secondary N) is 1. The summed E-state index contributed by atoms with van der Waals surface area (Å²) in [6.07, 6.45) is -0.181. The number of aliphatic carboxylic acids is 1. The lowest BCUT2D eigenvalue weighted by Gasteiger charge is -2.13. The average molecular weight is 334 g/mol. The van der Waals surface area contributed by atoms with Crippen molar-refractivity contribution in [1.82, 2.24) is 4.98 Å². The Morgan fingerprint density at radius 3 is 2.29 bits per heavy atom. The van der Waals surface area contributed by atoms with Crippen LogP contribution in [0.5, 0.6) is 11.5 Å². The van der Waals surface area contributed by atoms with Crippen molar-refractivity contribution in [3.05, 3.63) is 22.9 Å². The molecule has 2 aromatic rings. The first kappa shape index (κ1) is 15.3. The van der Waals surface area contributed by atoms with Crippen LogP contribution >= 0.6 is 0 Å².